The number of rotatable bonds is 3. The molecule has 0 aliphatic heterocycles. The van der Waals surface area contributed by atoms with Crippen molar-refractivity contribution >= 4 is 11.0 Å². The van der Waals surface area contributed by atoms with Crippen molar-refractivity contribution in [1.82, 2.24) is 14.5 Å². The average Bonchev–Trinajstić information content (AvgIpc) is 2.77. The van der Waals surface area contributed by atoms with Gasteiger partial charge in [-0.2, -0.15) is 4.98 Å². The van der Waals surface area contributed by atoms with Crippen LogP contribution in [-0.4, -0.2) is 14.5 Å². The van der Waals surface area contributed by atoms with Crippen LogP contribution in [0.3, 0.4) is 0 Å². The topological polar surface area (TPSA) is 39.9 Å². The monoisotopic (exact) mass is 271 g/mol. The van der Waals surface area contributed by atoms with Gasteiger partial charge < -0.3 is 4.74 Å². The zero-order valence-corrected chi connectivity index (χ0v) is 11.3. The van der Waals surface area contributed by atoms with Crippen LogP contribution in [0.5, 0.6) is 6.01 Å². The first-order chi connectivity index (χ1) is 9.65. The number of aryl methyl sites for hydroxylation is 2. The highest BCUT2D eigenvalue weighted by molar-refractivity contribution is 5.75. The van der Waals surface area contributed by atoms with Crippen LogP contribution in [0, 0.1) is 12.7 Å². The van der Waals surface area contributed by atoms with E-state index in [1.54, 1.807) is 25.4 Å². The molecule has 2 heterocycles. The molecular formula is C15H14FN3O. The lowest BCUT2D eigenvalue weighted by Gasteiger charge is -2.06. The Hall–Kier alpha value is -2.43. The fraction of sp³-hybridized carbons (Fsp3) is 0.200. The molecule has 2 aromatic heterocycles. The molecule has 0 aliphatic rings. The van der Waals surface area contributed by atoms with Crippen LogP contribution in [-0.2, 0) is 13.7 Å². The van der Waals surface area contributed by atoms with Gasteiger partial charge in [0.1, 0.15) is 17.9 Å². The third kappa shape index (κ3) is 2.22. The van der Waals surface area contributed by atoms with Crippen LogP contribution >= 0.6 is 0 Å². The molecule has 0 saturated carbocycles. The maximum absolute atomic E-state index is 13.5. The molecule has 0 saturated heterocycles. The van der Waals surface area contributed by atoms with Crippen LogP contribution in [0.2, 0.25) is 0 Å². The Morgan fingerprint density at radius 3 is 2.90 bits per heavy atom. The number of hydrogen-bond acceptors (Lipinski definition) is 3. The van der Waals surface area contributed by atoms with E-state index >= 15 is 0 Å². The van der Waals surface area contributed by atoms with Crippen molar-refractivity contribution < 1.29 is 9.13 Å². The molecule has 20 heavy (non-hydrogen) atoms. The van der Waals surface area contributed by atoms with Crippen LogP contribution in [0.15, 0.2) is 36.7 Å². The number of nitrogens with zero attached hydrogens (tertiary/aromatic N) is 3. The Morgan fingerprint density at radius 2 is 2.15 bits per heavy atom. The van der Waals surface area contributed by atoms with E-state index in [4.69, 9.17) is 4.74 Å². The molecule has 4 nitrogen and oxygen atoms in total. The first-order valence-electron chi connectivity index (χ1n) is 6.29. The number of ether oxygens (including phenoxy) is 1. The van der Waals surface area contributed by atoms with Crippen LogP contribution < -0.4 is 4.74 Å². The van der Waals surface area contributed by atoms with Gasteiger partial charge in [-0.3, -0.25) is 9.55 Å². The molecule has 0 fully saturated rings. The van der Waals surface area contributed by atoms with Crippen molar-refractivity contribution in [2.75, 3.05) is 0 Å². The zero-order chi connectivity index (χ0) is 14.1. The normalized spacial score (nSPS) is 10.9. The molecule has 0 atom stereocenters. The predicted molar refractivity (Wildman–Crippen MR) is 74.0 cm³/mol. The quantitative estimate of drug-likeness (QED) is 0.735. The molecule has 102 valence electrons. The summed E-state index contributed by atoms with van der Waals surface area (Å²) in [5.41, 5.74) is 3.13. The van der Waals surface area contributed by atoms with E-state index in [2.05, 4.69) is 9.97 Å². The third-order valence-corrected chi connectivity index (χ3v) is 3.25. The largest absolute Gasteiger partial charge is 0.460 e. The first kappa shape index (κ1) is 12.6. The number of halogens is 1. The Labute approximate surface area is 115 Å². The Balaban J connectivity index is 1.83. The summed E-state index contributed by atoms with van der Waals surface area (Å²) in [5.74, 6) is -0.222. The van der Waals surface area contributed by atoms with Crippen molar-refractivity contribution in [3.63, 3.8) is 0 Å². The average molecular weight is 271 g/mol. The molecule has 3 rings (SSSR count). The maximum Gasteiger partial charge on any atom is 0.297 e. The minimum Gasteiger partial charge on any atom is -0.460 e. The molecule has 0 unspecified atom stereocenters. The summed E-state index contributed by atoms with van der Waals surface area (Å²) in [4.78, 5) is 8.38. The summed E-state index contributed by atoms with van der Waals surface area (Å²) in [7, 11) is 1.88. The SMILES string of the molecule is Cc1ccc(COc2nc3cnccc3n2C)cc1F. The first-order valence-corrected chi connectivity index (χ1v) is 6.29. The molecular weight excluding hydrogens is 257 g/mol. The Kier molecular flexibility index (Phi) is 3.10. The van der Waals surface area contributed by atoms with E-state index < -0.39 is 0 Å². The number of fused-ring (bicyclic) bond motifs is 1. The summed E-state index contributed by atoms with van der Waals surface area (Å²) >= 11 is 0. The molecule has 3 aromatic rings. The number of aromatic nitrogens is 3. The zero-order valence-electron chi connectivity index (χ0n) is 11.3. The molecule has 0 radical (unpaired) electrons. The minimum atomic E-state index is -0.222. The molecule has 0 aliphatic carbocycles. The van der Waals surface area contributed by atoms with Crippen molar-refractivity contribution in [2.45, 2.75) is 13.5 Å². The number of pyridine rings is 1. The van der Waals surface area contributed by atoms with Crippen molar-refractivity contribution in [1.29, 1.82) is 0 Å². The van der Waals surface area contributed by atoms with E-state index in [9.17, 15) is 4.39 Å². The summed E-state index contributed by atoms with van der Waals surface area (Å²) in [6, 6.07) is 7.45. The summed E-state index contributed by atoms with van der Waals surface area (Å²) < 4.78 is 21.0. The summed E-state index contributed by atoms with van der Waals surface area (Å²) in [6.45, 7) is 2.01. The maximum atomic E-state index is 13.5. The fourth-order valence-electron chi connectivity index (χ4n) is 2.03. The lowest BCUT2D eigenvalue weighted by Crippen LogP contribution is -2.01. The number of imidazole rings is 1. The second kappa shape index (κ2) is 4.92. The van der Waals surface area contributed by atoms with Gasteiger partial charge in [0, 0.05) is 13.2 Å². The van der Waals surface area contributed by atoms with Crippen molar-refractivity contribution in [3.05, 3.63) is 53.6 Å². The highest BCUT2D eigenvalue weighted by Gasteiger charge is 2.09. The summed E-state index contributed by atoms with van der Waals surface area (Å²) in [6.07, 6.45) is 3.40. The third-order valence-electron chi connectivity index (χ3n) is 3.25. The molecule has 0 N–H and O–H groups in total. The van der Waals surface area contributed by atoms with Gasteiger partial charge in [0.25, 0.3) is 6.01 Å². The molecule has 0 amide bonds. The molecule has 1 aromatic carbocycles. The lowest BCUT2D eigenvalue weighted by molar-refractivity contribution is 0.273. The van der Waals surface area contributed by atoms with Gasteiger partial charge in [0.15, 0.2) is 0 Å². The standard InChI is InChI=1S/C15H14FN3O/c1-10-3-4-11(7-12(10)16)9-20-15-18-13-8-17-6-5-14(13)19(15)2/h3-8H,9H2,1-2H3. The molecule has 0 spiro atoms. The molecule has 0 bridgehead atoms. The van der Waals surface area contributed by atoms with Gasteiger partial charge in [-0.15, -0.1) is 0 Å². The van der Waals surface area contributed by atoms with E-state index in [1.165, 1.54) is 6.07 Å². The van der Waals surface area contributed by atoms with Crippen LogP contribution in [0.25, 0.3) is 11.0 Å². The van der Waals surface area contributed by atoms with Gasteiger partial charge >= 0.3 is 0 Å². The highest BCUT2D eigenvalue weighted by atomic mass is 19.1. The van der Waals surface area contributed by atoms with Gasteiger partial charge in [-0.25, -0.2) is 4.39 Å². The Morgan fingerprint density at radius 1 is 1.30 bits per heavy atom. The predicted octanol–water partition coefficient (Wildman–Crippen LogP) is 2.99. The van der Waals surface area contributed by atoms with Crippen molar-refractivity contribution in [3.8, 4) is 6.01 Å². The van der Waals surface area contributed by atoms with Gasteiger partial charge in [0.05, 0.1) is 11.7 Å². The van der Waals surface area contributed by atoms with E-state index in [-0.39, 0.29) is 12.4 Å². The van der Waals surface area contributed by atoms with E-state index in [0.29, 0.717) is 11.6 Å². The number of hydrogen-bond donors (Lipinski definition) is 0. The van der Waals surface area contributed by atoms with Gasteiger partial charge in [-0.1, -0.05) is 12.1 Å². The second-order valence-corrected chi connectivity index (χ2v) is 4.69. The van der Waals surface area contributed by atoms with Gasteiger partial charge in [-0.05, 0) is 30.2 Å². The second-order valence-electron chi connectivity index (χ2n) is 4.69. The minimum absolute atomic E-state index is 0.222. The van der Waals surface area contributed by atoms with E-state index in [1.807, 2.05) is 23.7 Å². The molecule has 5 heteroatoms. The Bertz CT molecular complexity index is 767. The summed E-state index contributed by atoms with van der Waals surface area (Å²) in [5, 5.41) is 0. The highest BCUT2D eigenvalue weighted by Crippen LogP contribution is 2.19. The van der Waals surface area contributed by atoms with Crippen LogP contribution in [0.1, 0.15) is 11.1 Å². The lowest BCUT2D eigenvalue weighted by atomic mass is 10.1. The van der Waals surface area contributed by atoms with Crippen molar-refractivity contribution in [2.24, 2.45) is 7.05 Å². The van der Waals surface area contributed by atoms with E-state index in [0.717, 1.165) is 16.6 Å². The smallest absolute Gasteiger partial charge is 0.297 e. The van der Waals surface area contributed by atoms with Crippen LogP contribution in [0.4, 0.5) is 4.39 Å². The van der Waals surface area contributed by atoms with Gasteiger partial charge in [0.2, 0.25) is 0 Å². The fourth-order valence-corrected chi connectivity index (χ4v) is 2.03. The number of benzene rings is 1.